The highest BCUT2D eigenvalue weighted by atomic mass is 79.9. The Morgan fingerprint density at radius 1 is 1.46 bits per heavy atom. The standard InChI is InChI=1S/C16H19BrFNO4S/c1-6-22-14(21)12(23-16(3,4)5)8-7(2)9(18)10-13(11(8)20)24-15(17)19-10/h12,20H,6H2,1-5H3/t12-/m0/s1. The average molecular weight is 420 g/mol. The van der Waals surface area contributed by atoms with Crippen molar-refractivity contribution >= 4 is 43.5 Å². The Balaban J connectivity index is 2.71. The van der Waals surface area contributed by atoms with E-state index in [9.17, 15) is 14.3 Å². The molecule has 1 heterocycles. The highest BCUT2D eigenvalue weighted by Gasteiger charge is 2.34. The summed E-state index contributed by atoms with van der Waals surface area (Å²) in [7, 11) is 0. The monoisotopic (exact) mass is 419 g/mol. The number of halogens is 2. The molecule has 132 valence electrons. The molecule has 0 saturated carbocycles. The molecule has 0 fully saturated rings. The molecule has 0 bridgehead atoms. The van der Waals surface area contributed by atoms with Crippen molar-refractivity contribution in [3.05, 3.63) is 20.9 Å². The molecule has 8 heteroatoms. The molecule has 2 rings (SSSR count). The van der Waals surface area contributed by atoms with E-state index in [1.807, 2.05) is 0 Å². The first-order chi connectivity index (χ1) is 11.1. The van der Waals surface area contributed by atoms with Gasteiger partial charge in [-0.25, -0.2) is 14.2 Å². The molecule has 0 aliphatic heterocycles. The number of carbonyl (C=O) groups is 1. The van der Waals surface area contributed by atoms with Gasteiger partial charge in [0.25, 0.3) is 0 Å². The van der Waals surface area contributed by atoms with Crippen molar-refractivity contribution in [1.82, 2.24) is 4.98 Å². The number of phenolic OH excluding ortho intramolecular Hbond substituents is 1. The Morgan fingerprint density at radius 2 is 2.08 bits per heavy atom. The van der Waals surface area contributed by atoms with E-state index in [-0.39, 0.29) is 33.7 Å². The summed E-state index contributed by atoms with van der Waals surface area (Å²) >= 11 is 4.27. The first kappa shape index (κ1) is 19.1. The molecule has 0 aliphatic rings. The van der Waals surface area contributed by atoms with Crippen LogP contribution in [0, 0.1) is 12.7 Å². The average Bonchev–Trinajstić information content (AvgIpc) is 2.85. The third-order valence-electron chi connectivity index (χ3n) is 3.25. The van der Waals surface area contributed by atoms with E-state index in [2.05, 4.69) is 20.9 Å². The van der Waals surface area contributed by atoms with Crippen molar-refractivity contribution in [1.29, 1.82) is 0 Å². The maximum Gasteiger partial charge on any atom is 0.340 e. The molecule has 0 unspecified atom stereocenters. The van der Waals surface area contributed by atoms with Crippen molar-refractivity contribution < 1.29 is 23.8 Å². The molecule has 0 aliphatic carbocycles. The molecule has 1 aromatic carbocycles. The summed E-state index contributed by atoms with van der Waals surface area (Å²) in [6.45, 7) is 8.61. The van der Waals surface area contributed by atoms with Crippen LogP contribution >= 0.6 is 27.3 Å². The number of ether oxygens (including phenoxy) is 2. The number of thiazole rings is 1. The van der Waals surface area contributed by atoms with Gasteiger partial charge in [0, 0.05) is 5.56 Å². The van der Waals surface area contributed by atoms with Crippen molar-refractivity contribution in [2.24, 2.45) is 0 Å². The summed E-state index contributed by atoms with van der Waals surface area (Å²) < 4.78 is 26.2. The number of phenols is 1. The minimum atomic E-state index is -1.23. The van der Waals surface area contributed by atoms with Crippen LogP contribution in [-0.2, 0) is 14.3 Å². The van der Waals surface area contributed by atoms with Crippen LogP contribution in [0.1, 0.15) is 44.9 Å². The zero-order valence-electron chi connectivity index (χ0n) is 14.1. The fourth-order valence-corrected chi connectivity index (χ4v) is 3.72. The molecule has 2 aromatic rings. The lowest BCUT2D eigenvalue weighted by molar-refractivity contribution is -0.167. The van der Waals surface area contributed by atoms with Crippen LogP contribution in [0.4, 0.5) is 4.39 Å². The first-order valence-corrected chi connectivity index (χ1v) is 8.99. The van der Waals surface area contributed by atoms with Crippen LogP contribution in [-0.4, -0.2) is 28.3 Å². The van der Waals surface area contributed by atoms with Crippen molar-refractivity contribution in [3.8, 4) is 5.75 Å². The summed E-state index contributed by atoms with van der Waals surface area (Å²) in [4.78, 5) is 16.4. The summed E-state index contributed by atoms with van der Waals surface area (Å²) in [6, 6.07) is 0. The van der Waals surface area contributed by atoms with E-state index in [1.54, 1.807) is 27.7 Å². The number of rotatable bonds is 4. The predicted molar refractivity (Wildman–Crippen MR) is 93.9 cm³/mol. The van der Waals surface area contributed by atoms with Gasteiger partial charge in [-0.3, -0.25) is 0 Å². The van der Waals surface area contributed by atoms with E-state index < -0.39 is 23.5 Å². The topological polar surface area (TPSA) is 68.7 Å². The molecule has 1 atom stereocenters. The van der Waals surface area contributed by atoms with Crippen LogP contribution in [0.5, 0.6) is 5.75 Å². The highest BCUT2D eigenvalue weighted by Crippen LogP contribution is 2.43. The molecule has 0 saturated heterocycles. The molecule has 24 heavy (non-hydrogen) atoms. The van der Waals surface area contributed by atoms with Crippen molar-refractivity contribution in [2.45, 2.75) is 46.3 Å². The van der Waals surface area contributed by atoms with Crippen LogP contribution < -0.4 is 0 Å². The molecule has 0 spiro atoms. The largest absolute Gasteiger partial charge is 0.506 e. The Hall–Kier alpha value is -1.25. The summed E-state index contributed by atoms with van der Waals surface area (Å²) in [5.41, 5.74) is -0.454. The van der Waals surface area contributed by atoms with Gasteiger partial charge in [0.15, 0.2) is 15.8 Å². The Morgan fingerprint density at radius 3 is 2.62 bits per heavy atom. The molecular weight excluding hydrogens is 401 g/mol. The lowest BCUT2D eigenvalue weighted by Gasteiger charge is -2.28. The fraction of sp³-hybridized carbons (Fsp3) is 0.500. The number of benzene rings is 1. The molecule has 0 radical (unpaired) electrons. The van der Waals surface area contributed by atoms with Crippen molar-refractivity contribution in [3.63, 3.8) is 0 Å². The van der Waals surface area contributed by atoms with E-state index in [0.717, 1.165) is 11.3 Å². The third kappa shape index (κ3) is 3.70. The van der Waals surface area contributed by atoms with E-state index in [4.69, 9.17) is 9.47 Å². The Bertz CT molecular complexity index is 785. The maximum atomic E-state index is 14.7. The predicted octanol–water partition coefficient (Wildman–Crippen LogP) is 4.63. The second-order valence-electron chi connectivity index (χ2n) is 6.21. The van der Waals surface area contributed by atoms with Gasteiger partial charge >= 0.3 is 5.97 Å². The van der Waals surface area contributed by atoms with Gasteiger partial charge in [0.2, 0.25) is 0 Å². The van der Waals surface area contributed by atoms with Gasteiger partial charge in [-0.05, 0) is 56.1 Å². The lowest BCUT2D eigenvalue weighted by Crippen LogP contribution is -2.29. The third-order valence-corrected chi connectivity index (χ3v) is 4.76. The summed E-state index contributed by atoms with van der Waals surface area (Å²) in [5.74, 6) is -1.48. The molecule has 0 amide bonds. The van der Waals surface area contributed by atoms with E-state index in [1.165, 1.54) is 6.92 Å². The second-order valence-corrected chi connectivity index (χ2v) is 8.48. The van der Waals surface area contributed by atoms with Gasteiger partial charge in [0.05, 0.1) is 12.2 Å². The minimum absolute atomic E-state index is 0.0593. The maximum absolute atomic E-state index is 14.7. The van der Waals surface area contributed by atoms with Gasteiger partial charge in [-0.2, -0.15) is 0 Å². The minimum Gasteiger partial charge on any atom is -0.506 e. The smallest absolute Gasteiger partial charge is 0.340 e. The fourth-order valence-electron chi connectivity index (χ4n) is 2.32. The number of fused-ring (bicyclic) bond motifs is 1. The van der Waals surface area contributed by atoms with Crippen LogP contribution in [0.25, 0.3) is 10.2 Å². The van der Waals surface area contributed by atoms with Gasteiger partial charge in [-0.15, -0.1) is 11.3 Å². The number of nitrogens with zero attached hydrogens (tertiary/aromatic N) is 1. The number of carbonyl (C=O) groups excluding carboxylic acids is 1. The molecule has 5 nitrogen and oxygen atoms in total. The number of hydrogen-bond acceptors (Lipinski definition) is 6. The Kier molecular flexibility index (Phi) is 5.51. The highest BCUT2D eigenvalue weighted by molar-refractivity contribution is 9.11. The number of aromatic nitrogens is 1. The molecule has 1 aromatic heterocycles. The van der Waals surface area contributed by atoms with Gasteiger partial charge in [-0.1, -0.05) is 0 Å². The number of aromatic hydroxyl groups is 1. The van der Waals surface area contributed by atoms with E-state index >= 15 is 0 Å². The SMILES string of the molecule is CCOC(=O)[C@@H](OC(C)(C)C)c1c(C)c(F)c2nc(Br)sc2c1O. The van der Waals surface area contributed by atoms with Gasteiger partial charge < -0.3 is 14.6 Å². The van der Waals surface area contributed by atoms with E-state index in [0.29, 0.717) is 3.92 Å². The van der Waals surface area contributed by atoms with Crippen LogP contribution in [0.2, 0.25) is 0 Å². The van der Waals surface area contributed by atoms with Crippen LogP contribution in [0.3, 0.4) is 0 Å². The zero-order chi connectivity index (χ0) is 18.2. The number of hydrogen-bond donors (Lipinski definition) is 1. The number of esters is 1. The van der Waals surface area contributed by atoms with Gasteiger partial charge in [0.1, 0.15) is 16.0 Å². The Labute approximate surface area is 151 Å². The van der Waals surface area contributed by atoms with Crippen LogP contribution in [0.15, 0.2) is 3.92 Å². The normalized spacial score (nSPS) is 13.3. The summed E-state index contributed by atoms with van der Waals surface area (Å²) in [5, 5.41) is 10.6. The zero-order valence-corrected chi connectivity index (χ0v) is 16.5. The summed E-state index contributed by atoms with van der Waals surface area (Å²) in [6.07, 6.45) is -1.23. The lowest BCUT2D eigenvalue weighted by atomic mass is 9.99. The molecule has 1 N–H and O–H groups in total. The second kappa shape index (κ2) is 6.93. The van der Waals surface area contributed by atoms with Crippen molar-refractivity contribution in [2.75, 3.05) is 6.61 Å². The quantitative estimate of drug-likeness (QED) is 0.731. The first-order valence-electron chi connectivity index (χ1n) is 7.38. The molecular formula is C16H19BrFNO4S.